The largest absolute Gasteiger partial charge is 0.271 e. The van der Waals surface area contributed by atoms with Crippen LogP contribution < -0.4 is 11.3 Å². The quantitative estimate of drug-likeness (QED) is 0.560. The molecule has 3 aromatic carbocycles. The molecular weight excluding hydrogens is 256 g/mol. The fraction of sp³-hybridized carbons (Fsp3) is 0.158. The molecule has 0 radical (unpaired) electrons. The van der Waals surface area contributed by atoms with Crippen LogP contribution in [0.25, 0.3) is 10.8 Å². The molecule has 2 nitrogen and oxygen atoms in total. The van der Waals surface area contributed by atoms with Crippen molar-refractivity contribution in [2.75, 3.05) is 0 Å². The van der Waals surface area contributed by atoms with E-state index in [4.69, 9.17) is 5.84 Å². The van der Waals surface area contributed by atoms with Crippen LogP contribution in [-0.2, 0) is 0 Å². The molecule has 0 aliphatic carbocycles. The van der Waals surface area contributed by atoms with E-state index in [1.54, 1.807) is 0 Å². The van der Waals surface area contributed by atoms with Gasteiger partial charge in [-0.3, -0.25) is 5.84 Å². The van der Waals surface area contributed by atoms with E-state index in [-0.39, 0.29) is 6.04 Å². The van der Waals surface area contributed by atoms with Crippen LogP contribution in [0, 0.1) is 13.8 Å². The number of hydrogen-bond acceptors (Lipinski definition) is 2. The van der Waals surface area contributed by atoms with Gasteiger partial charge in [0.1, 0.15) is 0 Å². The smallest absolute Gasteiger partial charge is 0.0718 e. The van der Waals surface area contributed by atoms with Crippen molar-refractivity contribution in [3.63, 3.8) is 0 Å². The van der Waals surface area contributed by atoms with Gasteiger partial charge in [-0.05, 0) is 41.3 Å². The Bertz CT molecular complexity index is 772. The Morgan fingerprint density at radius 2 is 1.62 bits per heavy atom. The minimum Gasteiger partial charge on any atom is -0.271 e. The molecule has 0 heterocycles. The molecule has 0 saturated heterocycles. The van der Waals surface area contributed by atoms with Gasteiger partial charge in [-0.25, -0.2) is 5.43 Å². The molecule has 21 heavy (non-hydrogen) atoms. The van der Waals surface area contributed by atoms with Gasteiger partial charge in [-0.2, -0.15) is 0 Å². The summed E-state index contributed by atoms with van der Waals surface area (Å²) in [5.41, 5.74) is 7.94. The summed E-state index contributed by atoms with van der Waals surface area (Å²) in [6, 6.07) is 21.3. The van der Waals surface area contributed by atoms with Gasteiger partial charge in [-0.15, -0.1) is 0 Å². The van der Waals surface area contributed by atoms with Crippen molar-refractivity contribution in [3.05, 3.63) is 82.9 Å². The lowest BCUT2D eigenvalue weighted by molar-refractivity contribution is 0.637. The summed E-state index contributed by atoms with van der Waals surface area (Å²) in [6.45, 7) is 4.25. The average Bonchev–Trinajstić information content (AvgIpc) is 2.50. The Labute approximate surface area is 125 Å². The topological polar surface area (TPSA) is 38.0 Å². The fourth-order valence-electron chi connectivity index (χ4n) is 3.00. The van der Waals surface area contributed by atoms with E-state index >= 15 is 0 Å². The van der Waals surface area contributed by atoms with E-state index < -0.39 is 0 Å². The third-order valence-corrected chi connectivity index (χ3v) is 4.04. The van der Waals surface area contributed by atoms with Crippen molar-refractivity contribution in [1.29, 1.82) is 0 Å². The van der Waals surface area contributed by atoms with Crippen LogP contribution in [0.1, 0.15) is 28.3 Å². The van der Waals surface area contributed by atoms with Crippen LogP contribution in [0.2, 0.25) is 0 Å². The predicted molar refractivity (Wildman–Crippen MR) is 89.0 cm³/mol. The van der Waals surface area contributed by atoms with Crippen molar-refractivity contribution in [3.8, 4) is 0 Å². The summed E-state index contributed by atoms with van der Waals surface area (Å²) in [7, 11) is 0. The van der Waals surface area contributed by atoms with Crippen LogP contribution in [-0.4, -0.2) is 0 Å². The second-order valence-corrected chi connectivity index (χ2v) is 5.53. The number of nitrogens with one attached hydrogen (secondary N) is 1. The number of fused-ring (bicyclic) bond motifs is 1. The summed E-state index contributed by atoms with van der Waals surface area (Å²) in [4.78, 5) is 0. The van der Waals surface area contributed by atoms with E-state index in [0.717, 1.165) is 0 Å². The zero-order valence-electron chi connectivity index (χ0n) is 12.4. The molecule has 1 atom stereocenters. The highest BCUT2D eigenvalue weighted by molar-refractivity contribution is 5.86. The van der Waals surface area contributed by atoms with Crippen LogP contribution in [0.3, 0.4) is 0 Å². The second kappa shape index (κ2) is 5.68. The van der Waals surface area contributed by atoms with Gasteiger partial charge in [-0.1, -0.05) is 66.2 Å². The third kappa shape index (κ3) is 2.56. The van der Waals surface area contributed by atoms with Gasteiger partial charge in [0, 0.05) is 0 Å². The standard InChI is InChI=1S/C19H20N2/c1-13-10-11-16(14(2)12-13)19(21-20)18-9-5-7-15-6-3-4-8-17(15)18/h3-12,19,21H,20H2,1-2H3. The highest BCUT2D eigenvalue weighted by atomic mass is 15.2. The minimum absolute atomic E-state index is 0.00306. The van der Waals surface area contributed by atoms with Crippen molar-refractivity contribution < 1.29 is 0 Å². The molecule has 3 N–H and O–H groups in total. The zero-order valence-corrected chi connectivity index (χ0v) is 12.4. The maximum Gasteiger partial charge on any atom is 0.0718 e. The minimum atomic E-state index is -0.00306. The molecule has 0 aliphatic heterocycles. The van der Waals surface area contributed by atoms with Crippen molar-refractivity contribution in [2.45, 2.75) is 19.9 Å². The highest BCUT2D eigenvalue weighted by Crippen LogP contribution is 2.30. The van der Waals surface area contributed by atoms with Gasteiger partial charge < -0.3 is 0 Å². The summed E-state index contributed by atoms with van der Waals surface area (Å²) in [5.74, 6) is 5.88. The van der Waals surface area contributed by atoms with E-state index in [1.165, 1.54) is 33.0 Å². The molecule has 3 rings (SSSR count). The number of benzene rings is 3. The SMILES string of the molecule is Cc1ccc(C(NN)c2cccc3ccccc23)c(C)c1. The van der Waals surface area contributed by atoms with Crippen LogP contribution in [0.5, 0.6) is 0 Å². The van der Waals surface area contributed by atoms with Gasteiger partial charge in [0.15, 0.2) is 0 Å². The molecule has 0 aliphatic rings. The molecule has 0 spiro atoms. The molecular formula is C19H20N2. The van der Waals surface area contributed by atoms with Gasteiger partial charge >= 0.3 is 0 Å². The molecule has 0 aromatic heterocycles. The maximum absolute atomic E-state index is 5.88. The van der Waals surface area contributed by atoms with Crippen molar-refractivity contribution in [1.82, 2.24) is 5.43 Å². The number of rotatable bonds is 3. The van der Waals surface area contributed by atoms with Gasteiger partial charge in [0.2, 0.25) is 0 Å². The van der Waals surface area contributed by atoms with E-state index in [0.29, 0.717) is 0 Å². The predicted octanol–water partition coefficient (Wildman–Crippen LogP) is 4.01. The van der Waals surface area contributed by atoms with Gasteiger partial charge in [0.05, 0.1) is 6.04 Å². The molecule has 2 heteroatoms. The molecule has 1 unspecified atom stereocenters. The summed E-state index contributed by atoms with van der Waals surface area (Å²) < 4.78 is 0. The lowest BCUT2D eigenvalue weighted by Gasteiger charge is -2.21. The number of aryl methyl sites for hydroxylation is 2. The number of hydrazine groups is 1. The zero-order chi connectivity index (χ0) is 14.8. The average molecular weight is 276 g/mol. The first-order valence-corrected chi connectivity index (χ1v) is 7.21. The maximum atomic E-state index is 5.88. The summed E-state index contributed by atoms with van der Waals surface area (Å²) in [5, 5.41) is 2.47. The molecule has 106 valence electrons. The Kier molecular flexibility index (Phi) is 3.74. The number of nitrogens with two attached hydrogens (primary N) is 1. The van der Waals surface area contributed by atoms with E-state index in [9.17, 15) is 0 Å². The van der Waals surface area contributed by atoms with Gasteiger partial charge in [0.25, 0.3) is 0 Å². The highest BCUT2D eigenvalue weighted by Gasteiger charge is 2.16. The fourth-order valence-corrected chi connectivity index (χ4v) is 3.00. The Balaban J connectivity index is 2.18. The first kappa shape index (κ1) is 13.8. The Hall–Kier alpha value is -2.16. The van der Waals surface area contributed by atoms with E-state index in [1.807, 2.05) is 0 Å². The molecule has 0 amide bonds. The monoisotopic (exact) mass is 276 g/mol. The molecule has 0 bridgehead atoms. The first-order valence-electron chi connectivity index (χ1n) is 7.21. The van der Waals surface area contributed by atoms with Crippen molar-refractivity contribution in [2.24, 2.45) is 5.84 Å². The summed E-state index contributed by atoms with van der Waals surface area (Å²) >= 11 is 0. The van der Waals surface area contributed by atoms with E-state index in [2.05, 4.69) is 79.9 Å². The third-order valence-electron chi connectivity index (χ3n) is 4.04. The molecule has 0 saturated carbocycles. The van der Waals surface area contributed by atoms with Crippen LogP contribution in [0.15, 0.2) is 60.7 Å². The first-order chi connectivity index (χ1) is 10.2. The Morgan fingerprint density at radius 1 is 0.857 bits per heavy atom. The lowest BCUT2D eigenvalue weighted by Crippen LogP contribution is -2.29. The molecule has 3 aromatic rings. The lowest BCUT2D eigenvalue weighted by atomic mass is 9.91. The van der Waals surface area contributed by atoms with Crippen LogP contribution in [0.4, 0.5) is 0 Å². The Morgan fingerprint density at radius 3 is 2.38 bits per heavy atom. The van der Waals surface area contributed by atoms with Crippen LogP contribution >= 0.6 is 0 Å². The number of hydrogen-bond donors (Lipinski definition) is 2. The summed E-state index contributed by atoms with van der Waals surface area (Å²) in [6.07, 6.45) is 0. The normalized spacial score (nSPS) is 12.5. The second-order valence-electron chi connectivity index (χ2n) is 5.53. The van der Waals surface area contributed by atoms with Crippen molar-refractivity contribution >= 4 is 10.8 Å². The molecule has 0 fully saturated rings.